The van der Waals surface area contributed by atoms with Crippen molar-refractivity contribution in [2.45, 2.75) is 25.9 Å². The van der Waals surface area contributed by atoms with Crippen molar-refractivity contribution in [1.82, 2.24) is 5.32 Å². The van der Waals surface area contributed by atoms with E-state index in [1.54, 1.807) is 7.11 Å². The Morgan fingerprint density at radius 1 is 1.50 bits per heavy atom. The van der Waals surface area contributed by atoms with Gasteiger partial charge in [-0.3, -0.25) is 0 Å². The Morgan fingerprint density at radius 2 is 2.25 bits per heavy atom. The highest BCUT2D eigenvalue weighted by atomic mass is 79.9. The Balaban J connectivity index is 2.58. The molecule has 0 aliphatic heterocycles. The van der Waals surface area contributed by atoms with Crippen LogP contribution < -0.4 is 10.1 Å². The third-order valence-corrected chi connectivity index (χ3v) is 3.14. The molecule has 0 amide bonds. The topological polar surface area (TPSA) is 41.5 Å². The number of aliphatic hydroxyl groups is 1. The fraction of sp³-hybridized carbons (Fsp3) is 0.500. The SMILES string of the molecule is CC[C@H](CO)NCc1ccc(OC)c(Br)c1. The van der Waals surface area contributed by atoms with Crippen LogP contribution in [-0.2, 0) is 6.54 Å². The first-order chi connectivity index (χ1) is 7.71. The zero-order chi connectivity index (χ0) is 12.0. The summed E-state index contributed by atoms with van der Waals surface area (Å²) in [5.41, 5.74) is 1.17. The second-order valence-corrected chi connectivity index (χ2v) is 4.49. The summed E-state index contributed by atoms with van der Waals surface area (Å²) in [4.78, 5) is 0. The fourth-order valence-corrected chi connectivity index (χ4v) is 2.01. The molecule has 0 radical (unpaired) electrons. The summed E-state index contributed by atoms with van der Waals surface area (Å²) >= 11 is 3.45. The van der Waals surface area contributed by atoms with Crippen LogP contribution in [0.3, 0.4) is 0 Å². The number of rotatable bonds is 6. The molecular formula is C12H18BrNO2. The van der Waals surface area contributed by atoms with Crippen LogP contribution in [0.5, 0.6) is 5.75 Å². The van der Waals surface area contributed by atoms with E-state index in [9.17, 15) is 0 Å². The lowest BCUT2D eigenvalue weighted by molar-refractivity contribution is 0.238. The molecule has 0 saturated carbocycles. The molecule has 1 aromatic carbocycles. The number of ether oxygens (including phenoxy) is 1. The maximum atomic E-state index is 9.05. The van der Waals surface area contributed by atoms with Gasteiger partial charge in [0.15, 0.2) is 0 Å². The molecule has 90 valence electrons. The maximum absolute atomic E-state index is 9.05. The second-order valence-electron chi connectivity index (χ2n) is 3.64. The summed E-state index contributed by atoms with van der Waals surface area (Å²) in [6.07, 6.45) is 0.924. The number of benzene rings is 1. The Labute approximate surface area is 105 Å². The van der Waals surface area contributed by atoms with E-state index in [1.165, 1.54) is 5.56 Å². The third kappa shape index (κ3) is 3.77. The molecule has 0 spiro atoms. The molecule has 0 heterocycles. The third-order valence-electron chi connectivity index (χ3n) is 2.52. The predicted octanol–water partition coefficient (Wildman–Crippen LogP) is 2.32. The number of hydrogen-bond donors (Lipinski definition) is 2. The van der Waals surface area contributed by atoms with Gasteiger partial charge in [0.05, 0.1) is 18.2 Å². The van der Waals surface area contributed by atoms with Gasteiger partial charge in [0, 0.05) is 12.6 Å². The van der Waals surface area contributed by atoms with Gasteiger partial charge in [-0.05, 0) is 40.0 Å². The normalized spacial score (nSPS) is 12.5. The van der Waals surface area contributed by atoms with Gasteiger partial charge in [-0.2, -0.15) is 0 Å². The first kappa shape index (κ1) is 13.5. The quantitative estimate of drug-likeness (QED) is 0.844. The molecule has 0 saturated heterocycles. The summed E-state index contributed by atoms with van der Waals surface area (Å²) in [6, 6.07) is 6.14. The number of methoxy groups -OCH3 is 1. The minimum atomic E-state index is 0.167. The van der Waals surface area contributed by atoms with Gasteiger partial charge in [-0.25, -0.2) is 0 Å². The predicted molar refractivity (Wildman–Crippen MR) is 68.7 cm³/mol. The molecule has 0 aliphatic carbocycles. The summed E-state index contributed by atoms with van der Waals surface area (Å²) in [7, 11) is 1.65. The molecule has 3 nitrogen and oxygen atoms in total. The van der Waals surface area contributed by atoms with E-state index in [2.05, 4.69) is 28.2 Å². The van der Waals surface area contributed by atoms with Gasteiger partial charge < -0.3 is 15.2 Å². The van der Waals surface area contributed by atoms with Gasteiger partial charge in [0.1, 0.15) is 5.75 Å². The molecule has 1 rings (SSSR count). The maximum Gasteiger partial charge on any atom is 0.133 e. The van der Waals surface area contributed by atoms with E-state index >= 15 is 0 Å². The van der Waals surface area contributed by atoms with E-state index in [4.69, 9.17) is 9.84 Å². The zero-order valence-electron chi connectivity index (χ0n) is 9.66. The first-order valence-corrected chi connectivity index (χ1v) is 6.17. The van der Waals surface area contributed by atoms with Crippen molar-refractivity contribution >= 4 is 15.9 Å². The minimum Gasteiger partial charge on any atom is -0.496 e. The zero-order valence-corrected chi connectivity index (χ0v) is 11.3. The van der Waals surface area contributed by atoms with Crippen LogP contribution in [-0.4, -0.2) is 24.9 Å². The van der Waals surface area contributed by atoms with Crippen molar-refractivity contribution in [3.05, 3.63) is 28.2 Å². The summed E-state index contributed by atoms with van der Waals surface area (Å²) in [5.74, 6) is 0.831. The van der Waals surface area contributed by atoms with Crippen LogP contribution in [0.4, 0.5) is 0 Å². The average molecular weight is 288 g/mol. The number of aliphatic hydroxyl groups excluding tert-OH is 1. The second kappa shape index (κ2) is 6.89. The molecule has 0 bridgehead atoms. The van der Waals surface area contributed by atoms with Gasteiger partial charge in [0.2, 0.25) is 0 Å². The minimum absolute atomic E-state index is 0.167. The first-order valence-electron chi connectivity index (χ1n) is 5.38. The lowest BCUT2D eigenvalue weighted by Crippen LogP contribution is -2.31. The molecule has 4 heteroatoms. The van der Waals surface area contributed by atoms with Crippen molar-refractivity contribution in [1.29, 1.82) is 0 Å². The van der Waals surface area contributed by atoms with Crippen molar-refractivity contribution in [2.24, 2.45) is 0 Å². The molecule has 0 aromatic heterocycles. The lowest BCUT2D eigenvalue weighted by atomic mass is 10.2. The Morgan fingerprint density at radius 3 is 2.75 bits per heavy atom. The number of halogens is 1. The summed E-state index contributed by atoms with van der Waals surface area (Å²) in [6.45, 7) is 2.98. The smallest absolute Gasteiger partial charge is 0.133 e. The van der Waals surface area contributed by atoms with Gasteiger partial charge >= 0.3 is 0 Å². The van der Waals surface area contributed by atoms with E-state index in [-0.39, 0.29) is 12.6 Å². The lowest BCUT2D eigenvalue weighted by Gasteiger charge is -2.14. The fourth-order valence-electron chi connectivity index (χ4n) is 1.42. The largest absolute Gasteiger partial charge is 0.496 e. The molecule has 2 N–H and O–H groups in total. The Hall–Kier alpha value is -0.580. The Bertz CT molecular complexity index is 327. The molecule has 1 aromatic rings. The van der Waals surface area contributed by atoms with Crippen LogP contribution in [0, 0.1) is 0 Å². The highest BCUT2D eigenvalue weighted by Crippen LogP contribution is 2.25. The monoisotopic (exact) mass is 287 g/mol. The molecule has 1 atom stereocenters. The Kier molecular flexibility index (Phi) is 5.80. The van der Waals surface area contributed by atoms with Gasteiger partial charge in [-0.1, -0.05) is 13.0 Å². The van der Waals surface area contributed by atoms with Crippen LogP contribution in [0.1, 0.15) is 18.9 Å². The van der Waals surface area contributed by atoms with Crippen LogP contribution in [0.2, 0.25) is 0 Å². The van der Waals surface area contributed by atoms with Gasteiger partial charge in [0.25, 0.3) is 0 Å². The summed E-state index contributed by atoms with van der Waals surface area (Å²) < 4.78 is 6.11. The van der Waals surface area contributed by atoms with Crippen LogP contribution in [0.25, 0.3) is 0 Å². The average Bonchev–Trinajstić information content (AvgIpc) is 2.30. The molecule has 0 unspecified atom stereocenters. The van der Waals surface area contributed by atoms with Crippen molar-refractivity contribution < 1.29 is 9.84 Å². The molecule has 0 fully saturated rings. The van der Waals surface area contributed by atoms with Gasteiger partial charge in [-0.15, -0.1) is 0 Å². The molecule has 16 heavy (non-hydrogen) atoms. The standard InChI is InChI=1S/C12H18BrNO2/c1-3-10(8-15)14-7-9-4-5-12(16-2)11(13)6-9/h4-6,10,14-15H,3,7-8H2,1-2H3/t10-/m1/s1. The van der Waals surface area contributed by atoms with Crippen molar-refractivity contribution in [3.63, 3.8) is 0 Å². The van der Waals surface area contributed by atoms with E-state index in [0.717, 1.165) is 23.2 Å². The number of nitrogens with one attached hydrogen (secondary N) is 1. The van der Waals surface area contributed by atoms with E-state index in [1.807, 2.05) is 18.2 Å². The van der Waals surface area contributed by atoms with E-state index in [0.29, 0.717) is 0 Å². The molecular weight excluding hydrogens is 270 g/mol. The van der Waals surface area contributed by atoms with Crippen LogP contribution >= 0.6 is 15.9 Å². The van der Waals surface area contributed by atoms with Crippen molar-refractivity contribution in [3.8, 4) is 5.75 Å². The molecule has 0 aliphatic rings. The van der Waals surface area contributed by atoms with Crippen molar-refractivity contribution in [2.75, 3.05) is 13.7 Å². The highest BCUT2D eigenvalue weighted by molar-refractivity contribution is 9.10. The highest BCUT2D eigenvalue weighted by Gasteiger charge is 2.05. The number of hydrogen-bond acceptors (Lipinski definition) is 3. The van der Waals surface area contributed by atoms with Crippen LogP contribution in [0.15, 0.2) is 22.7 Å². The summed E-state index contributed by atoms with van der Waals surface area (Å²) in [5, 5.41) is 12.3. The van der Waals surface area contributed by atoms with E-state index < -0.39 is 0 Å².